The van der Waals surface area contributed by atoms with Crippen LogP contribution in [0.15, 0.2) is 22.6 Å². The topological polar surface area (TPSA) is 0 Å². The Hall–Kier alpha value is -0.170. The van der Waals surface area contributed by atoms with Gasteiger partial charge >= 0.3 is 0 Å². The standard InChI is InChI=1S/C10H16S/c1-7(2)9-5-4-8(3)10(11)6-9/h9,11H,1,4-6H2,2-3H3/t9-/m1/s1. The Morgan fingerprint density at radius 2 is 2.27 bits per heavy atom. The van der Waals surface area contributed by atoms with Crippen LogP contribution in [-0.4, -0.2) is 0 Å². The van der Waals surface area contributed by atoms with Crippen LogP contribution in [0.25, 0.3) is 0 Å². The molecule has 11 heavy (non-hydrogen) atoms. The van der Waals surface area contributed by atoms with Crippen LogP contribution in [0.1, 0.15) is 33.1 Å². The Bertz CT molecular complexity index is 201. The molecule has 0 radical (unpaired) electrons. The highest BCUT2D eigenvalue weighted by molar-refractivity contribution is 7.84. The molecule has 0 saturated carbocycles. The van der Waals surface area contributed by atoms with Crippen LogP contribution in [0.2, 0.25) is 0 Å². The molecule has 0 aromatic heterocycles. The second kappa shape index (κ2) is 3.48. The Labute approximate surface area is 74.8 Å². The second-order valence-corrected chi connectivity index (χ2v) is 4.05. The summed E-state index contributed by atoms with van der Waals surface area (Å²) in [7, 11) is 0. The number of hydrogen-bond donors (Lipinski definition) is 1. The van der Waals surface area contributed by atoms with Crippen molar-refractivity contribution in [2.75, 3.05) is 0 Å². The van der Waals surface area contributed by atoms with Crippen molar-refractivity contribution in [3.63, 3.8) is 0 Å². The molecule has 0 aromatic carbocycles. The van der Waals surface area contributed by atoms with Crippen molar-refractivity contribution < 1.29 is 0 Å². The lowest BCUT2D eigenvalue weighted by Crippen LogP contribution is -2.07. The minimum atomic E-state index is 0.686. The SMILES string of the molecule is C=C(C)[C@@H]1CCC(C)=C(S)C1. The van der Waals surface area contributed by atoms with Gasteiger partial charge in [0.2, 0.25) is 0 Å². The number of hydrogen-bond acceptors (Lipinski definition) is 1. The number of allylic oxidation sites excluding steroid dienone is 3. The molecule has 0 amide bonds. The zero-order chi connectivity index (χ0) is 8.43. The van der Waals surface area contributed by atoms with Gasteiger partial charge in [-0.25, -0.2) is 0 Å². The van der Waals surface area contributed by atoms with Gasteiger partial charge in [0, 0.05) is 0 Å². The minimum Gasteiger partial charge on any atom is -0.148 e. The molecule has 1 aliphatic rings. The van der Waals surface area contributed by atoms with E-state index in [-0.39, 0.29) is 0 Å². The monoisotopic (exact) mass is 168 g/mol. The molecular formula is C10H16S. The van der Waals surface area contributed by atoms with Crippen LogP contribution >= 0.6 is 12.6 Å². The molecule has 0 fully saturated rings. The molecule has 0 aromatic rings. The van der Waals surface area contributed by atoms with Gasteiger partial charge in [0.15, 0.2) is 0 Å². The first-order valence-corrected chi connectivity index (χ1v) is 4.59. The van der Waals surface area contributed by atoms with E-state index in [9.17, 15) is 0 Å². The van der Waals surface area contributed by atoms with E-state index in [2.05, 4.69) is 33.1 Å². The third-order valence-corrected chi connectivity index (χ3v) is 3.06. The third kappa shape index (κ3) is 2.13. The molecule has 1 aliphatic carbocycles. The molecule has 1 atom stereocenters. The number of thiol groups is 1. The molecule has 1 heteroatoms. The predicted octanol–water partition coefficient (Wildman–Crippen LogP) is 3.57. The Balaban J connectivity index is 2.64. The van der Waals surface area contributed by atoms with Gasteiger partial charge in [-0.2, -0.15) is 0 Å². The van der Waals surface area contributed by atoms with Crippen LogP contribution in [0.3, 0.4) is 0 Å². The lowest BCUT2D eigenvalue weighted by Gasteiger charge is -2.23. The zero-order valence-corrected chi connectivity index (χ0v) is 8.25. The van der Waals surface area contributed by atoms with Gasteiger partial charge in [-0.3, -0.25) is 0 Å². The van der Waals surface area contributed by atoms with Crippen LogP contribution in [-0.2, 0) is 0 Å². The first kappa shape index (κ1) is 8.92. The summed E-state index contributed by atoms with van der Waals surface area (Å²) in [5, 5.41) is 0. The predicted molar refractivity (Wildman–Crippen MR) is 53.8 cm³/mol. The van der Waals surface area contributed by atoms with Crippen LogP contribution in [0.4, 0.5) is 0 Å². The highest BCUT2D eigenvalue weighted by Gasteiger charge is 2.16. The van der Waals surface area contributed by atoms with E-state index in [0.29, 0.717) is 5.92 Å². The fraction of sp³-hybridized carbons (Fsp3) is 0.600. The summed E-state index contributed by atoms with van der Waals surface area (Å²) in [4.78, 5) is 1.28. The van der Waals surface area contributed by atoms with Crippen molar-refractivity contribution in [1.29, 1.82) is 0 Å². The summed E-state index contributed by atoms with van der Waals surface area (Å²) in [5.41, 5.74) is 2.77. The minimum absolute atomic E-state index is 0.686. The normalized spacial score (nSPS) is 25.5. The lowest BCUT2D eigenvalue weighted by molar-refractivity contribution is 0.536. The van der Waals surface area contributed by atoms with Gasteiger partial charge in [-0.05, 0) is 43.9 Å². The Morgan fingerprint density at radius 3 is 2.73 bits per heavy atom. The van der Waals surface area contributed by atoms with E-state index in [0.717, 1.165) is 6.42 Å². The van der Waals surface area contributed by atoms with E-state index in [4.69, 9.17) is 0 Å². The number of rotatable bonds is 1. The first-order chi connectivity index (χ1) is 5.11. The summed E-state index contributed by atoms with van der Waals surface area (Å²) in [6.45, 7) is 8.28. The highest BCUT2D eigenvalue weighted by Crippen LogP contribution is 2.34. The van der Waals surface area contributed by atoms with Crippen molar-refractivity contribution in [3.8, 4) is 0 Å². The van der Waals surface area contributed by atoms with Crippen molar-refractivity contribution in [1.82, 2.24) is 0 Å². The molecule has 0 N–H and O–H groups in total. The maximum Gasteiger partial charge on any atom is -0.0156 e. The van der Waals surface area contributed by atoms with Crippen molar-refractivity contribution in [2.45, 2.75) is 33.1 Å². The molecule has 0 heterocycles. The van der Waals surface area contributed by atoms with Crippen LogP contribution in [0.5, 0.6) is 0 Å². The Morgan fingerprint density at radius 1 is 1.64 bits per heavy atom. The largest absolute Gasteiger partial charge is 0.148 e. The summed E-state index contributed by atoms with van der Waals surface area (Å²) >= 11 is 4.45. The smallest absolute Gasteiger partial charge is 0.0156 e. The van der Waals surface area contributed by atoms with Crippen molar-refractivity contribution in [3.05, 3.63) is 22.6 Å². The fourth-order valence-electron chi connectivity index (χ4n) is 1.47. The van der Waals surface area contributed by atoms with E-state index in [1.54, 1.807) is 0 Å². The van der Waals surface area contributed by atoms with E-state index < -0.39 is 0 Å². The van der Waals surface area contributed by atoms with Gasteiger partial charge < -0.3 is 0 Å². The Kier molecular flexibility index (Phi) is 2.83. The molecule has 0 aliphatic heterocycles. The van der Waals surface area contributed by atoms with Gasteiger partial charge in [0.1, 0.15) is 0 Å². The van der Waals surface area contributed by atoms with Crippen LogP contribution < -0.4 is 0 Å². The molecule has 62 valence electrons. The molecule has 0 nitrogen and oxygen atoms in total. The second-order valence-electron chi connectivity index (χ2n) is 3.51. The quantitative estimate of drug-likeness (QED) is 0.449. The molecule has 0 spiro atoms. The van der Waals surface area contributed by atoms with E-state index in [1.807, 2.05) is 0 Å². The zero-order valence-electron chi connectivity index (χ0n) is 7.35. The van der Waals surface area contributed by atoms with Gasteiger partial charge in [0.25, 0.3) is 0 Å². The van der Waals surface area contributed by atoms with Gasteiger partial charge in [0.05, 0.1) is 0 Å². The van der Waals surface area contributed by atoms with Crippen molar-refractivity contribution >= 4 is 12.6 Å². The van der Waals surface area contributed by atoms with Gasteiger partial charge in [-0.1, -0.05) is 17.7 Å². The maximum absolute atomic E-state index is 4.45. The molecule has 0 bridgehead atoms. The highest BCUT2D eigenvalue weighted by atomic mass is 32.1. The third-order valence-electron chi connectivity index (χ3n) is 2.50. The summed E-state index contributed by atoms with van der Waals surface area (Å²) in [6.07, 6.45) is 3.59. The first-order valence-electron chi connectivity index (χ1n) is 4.14. The average molecular weight is 168 g/mol. The molecule has 1 rings (SSSR count). The fourth-order valence-corrected chi connectivity index (χ4v) is 1.80. The van der Waals surface area contributed by atoms with E-state index in [1.165, 1.54) is 28.9 Å². The van der Waals surface area contributed by atoms with Crippen LogP contribution in [0, 0.1) is 5.92 Å². The van der Waals surface area contributed by atoms with E-state index >= 15 is 0 Å². The lowest BCUT2D eigenvalue weighted by atomic mass is 9.86. The molecule has 0 unspecified atom stereocenters. The van der Waals surface area contributed by atoms with Gasteiger partial charge in [-0.15, -0.1) is 12.6 Å². The molecule has 0 saturated heterocycles. The summed E-state index contributed by atoms with van der Waals surface area (Å²) < 4.78 is 0. The summed E-state index contributed by atoms with van der Waals surface area (Å²) in [5.74, 6) is 0.686. The molecular weight excluding hydrogens is 152 g/mol. The summed E-state index contributed by atoms with van der Waals surface area (Å²) in [6, 6.07) is 0. The van der Waals surface area contributed by atoms with Crippen molar-refractivity contribution in [2.24, 2.45) is 5.92 Å². The maximum atomic E-state index is 4.45. The average Bonchev–Trinajstić information content (AvgIpc) is 1.94.